The van der Waals surface area contributed by atoms with Gasteiger partial charge < -0.3 is 32.6 Å². The predicted octanol–water partition coefficient (Wildman–Crippen LogP) is 1.44. The van der Waals surface area contributed by atoms with Gasteiger partial charge in [-0.15, -0.1) is 0 Å². The molecule has 3 atom stereocenters. The second-order valence-electron chi connectivity index (χ2n) is 9.36. The van der Waals surface area contributed by atoms with E-state index in [4.69, 9.17) is 17.2 Å². The van der Waals surface area contributed by atoms with E-state index in [1.54, 1.807) is 0 Å². The molecule has 9 nitrogen and oxygen atoms in total. The van der Waals surface area contributed by atoms with E-state index in [1.807, 2.05) is 0 Å². The summed E-state index contributed by atoms with van der Waals surface area (Å²) in [7, 11) is 0. The molecule has 1 aromatic carbocycles. The molecule has 0 aliphatic heterocycles. The van der Waals surface area contributed by atoms with Gasteiger partial charge in [-0.05, 0) is 25.2 Å². The Morgan fingerprint density at radius 1 is 0.921 bits per heavy atom. The van der Waals surface area contributed by atoms with Crippen LogP contribution in [0.3, 0.4) is 0 Å². The first kappa shape index (κ1) is 30.9. The van der Waals surface area contributed by atoms with E-state index in [2.05, 4.69) is 15.6 Å². The number of carbonyl (C=O) groups excluding carboxylic acids is 3. The SMILES string of the molecule is NC(N)=NCCC[C@H](C=O)NC(=O)[C@@H](CC1CCCCC1)NC(=O)[C@H](N)Cc1c(F)c(F)c(F)c(F)c1F. The van der Waals surface area contributed by atoms with Crippen LogP contribution in [0.5, 0.6) is 0 Å². The van der Waals surface area contributed by atoms with Crippen LogP contribution in [-0.2, 0) is 20.8 Å². The zero-order valence-corrected chi connectivity index (χ0v) is 20.8. The van der Waals surface area contributed by atoms with Gasteiger partial charge in [0.2, 0.25) is 17.6 Å². The molecule has 0 spiro atoms. The van der Waals surface area contributed by atoms with E-state index in [1.165, 1.54) is 0 Å². The van der Waals surface area contributed by atoms with Gasteiger partial charge >= 0.3 is 0 Å². The average molecular weight is 549 g/mol. The number of nitrogens with one attached hydrogen (secondary N) is 2. The summed E-state index contributed by atoms with van der Waals surface area (Å²) in [6.07, 6.45) is 4.88. The molecular weight excluding hydrogens is 515 g/mol. The van der Waals surface area contributed by atoms with Crippen molar-refractivity contribution < 1.29 is 36.3 Å². The molecule has 14 heteroatoms. The summed E-state index contributed by atoms with van der Waals surface area (Å²) in [5, 5.41) is 4.97. The van der Waals surface area contributed by atoms with Crippen LogP contribution in [0.2, 0.25) is 0 Å². The highest BCUT2D eigenvalue weighted by molar-refractivity contribution is 5.90. The molecule has 0 heterocycles. The van der Waals surface area contributed by atoms with Crippen molar-refractivity contribution in [2.45, 2.75) is 75.9 Å². The third-order valence-electron chi connectivity index (χ3n) is 6.45. The molecule has 0 radical (unpaired) electrons. The van der Waals surface area contributed by atoms with Crippen molar-refractivity contribution in [2.75, 3.05) is 6.54 Å². The first-order valence-electron chi connectivity index (χ1n) is 12.3. The summed E-state index contributed by atoms with van der Waals surface area (Å²) in [5.74, 6) is -12.5. The van der Waals surface area contributed by atoms with Gasteiger partial charge in [0.25, 0.3) is 0 Å². The minimum atomic E-state index is -2.32. The molecule has 0 saturated heterocycles. The van der Waals surface area contributed by atoms with Gasteiger partial charge in [-0.2, -0.15) is 0 Å². The first-order valence-corrected chi connectivity index (χ1v) is 12.3. The number of aliphatic imine (C=N–C) groups is 1. The van der Waals surface area contributed by atoms with E-state index < -0.39 is 71.0 Å². The van der Waals surface area contributed by atoms with Crippen LogP contribution >= 0.6 is 0 Å². The number of hydrogen-bond acceptors (Lipinski definition) is 5. The van der Waals surface area contributed by atoms with Gasteiger partial charge in [-0.25, -0.2) is 22.0 Å². The quantitative estimate of drug-likeness (QED) is 0.0476. The highest BCUT2D eigenvalue weighted by atomic mass is 19.2. The molecule has 38 heavy (non-hydrogen) atoms. The van der Waals surface area contributed by atoms with Crippen molar-refractivity contribution >= 4 is 24.1 Å². The van der Waals surface area contributed by atoms with Crippen LogP contribution in [-0.4, -0.2) is 48.7 Å². The lowest BCUT2D eigenvalue weighted by atomic mass is 9.84. The normalized spacial score (nSPS) is 16.3. The number of nitrogens with two attached hydrogens (primary N) is 3. The number of aldehydes is 1. The summed E-state index contributed by atoms with van der Waals surface area (Å²) >= 11 is 0. The molecule has 212 valence electrons. The van der Waals surface area contributed by atoms with E-state index in [9.17, 15) is 36.3 Å². The van der Waals surface area contributed by atoms with Crippen LogP contribution in [0.25, 0.3) is 0 Å². The first-order chi connectivity index (χ1) is 18.0. The smallest absolute Gasteiger partial charge is 0.243 e. The highest BCUT2D eigenvalue weighted by Crippen LogP contribution is 2.28. The lowest BCUT2D eigenvalue weighted by Crippen LogP contribution is -2.54. The van der Waals surface area contributed by atoms with Crippen LogP contribution in [0, 0.1) is 35.0 Å². The number of guanidine groups is 1. The molecule has 0 unspecified atom stereocenters. The molecule has 0 bridgehead atoms. The van der Waals surface area contributed by atoms with Crippen molar-refractivity contribution in [1.82, 2.24) is 10.6 Å². The topological polar surface area (TPSA) is 166 Å². The van der Waals surface area contributed by atoms with Gasteiger partial charge in [-0.1, -0.05) is 32.1 Å². The molecule has 8 N–H and O–H groups in total. The fourth-order valence-corrected chi connectivity index (χ4v) is 4.39. The number of benzene rings is 1. The molecular formula is C24H33F5N6O3. The third-order valence-corrected chi connectivity index (χ3v) is 6.45. The molecule has 2 rings (SSSR count). The maximum Gasteiger partial charge on any atom is 0.243 e. The molecule has 0 aromatic heterocycles. The lowest BCUT2D eigenvalue weighted by molar-refractivity contribution is -0.131. The van der Waals surface area contributed by atoms with E-state index >= 15 is 0 Å². The van der Waals surface area contributed by atoms with Crippen LogP contribution in [0.15, 0.2) is 4.99 Å². The minimum absolute atomic E-state index is 0.0859. The Bertz CT molecular complexity index is 1000. The Kier molecular flexibility index (Phi) is 11.9. The van der Waals surface area contributed by atoms with Crippen molar-refractivity contribution in [3.05, 3.63) is 34.6 Å². The van der Waals surface area contributed by atoms with E-state index in [0.717, 1.165) is 32.1 Å². The fraction of sp³-hybridized carbons (Fsp3) is 0.583. The predicted molar refractivity (Wildman–Crippen MR) is 129 cm³/mol. The molecule has 1 saturated carbocycles. The van der Waals surface area contributed by atoms with E-state index in [0.29, 0.717) is 12.7 Å². The summed E-state index contributed by atoms with van der Waals surface area (Å²) in [4.78, 5) is 41.1. The second-order valence-corrected chi connectivity index (χ2v) is 9.36. The number of carbonyl (C=O) groups is 3. The summed E-state index contributed by atoms with van der Waals surface area (Å²) in [5.41, 5.74) is 15.0. The van der Waals surface area contributed by atoms with Gasteiger partial charge in [-0.3, -0.25) is 14.6 Å². The fourth-order valence-electron chi connectivity index (χ4n) is 4.39. The maximum atomic E-state index is 14.1. The number of rotatable bonds is 13. The van der Waals surface area contributed by atoms with Gasteiger partial charge in [0, 0.05) is 18.5 Å². The lowest BCUT2D eigenvalue weighted by Gasteiger charge is -2.28. The molecule has 2 amide bonds. The minimum Gasteiger partial charge on any atom is -0.370 e. The monoisotopic (exact) mass is 548 g/mol. The standard InChI is InChI=1S/C24H33F5N6O3/c25-17-14(18(26)20(28)21(29)19(17)27)10-15(30)22(37)35-16(9-12-5-2-1-3-6-12)23(38)34-13(11-36)7-4-8-33-24(31)32/h11-13,15-16H,1-10,30H2,(H,34,38)(H,35,37)(H4,31,32,33)/t13-,15-,16-/m1/s1. The Hall–Kier alpha value is -3.29. The van der Waals surface area contributed by atoms with Crippen molar-refractivity contribution in [1.29, 1.82) is 0 Å². The Morgan fingerprint density at radius 2 is 1.50 bits per heavy atom. The maximum absolute atomic E-state index is 14.1. The van der Waals surface area contributed by atoms with Crippen molar-refractivity contribution in [2.24, 2.45) is 28.1 Å². The Balaban J connectivity index is 2.13. The Morgan fingerprint density at radius 3 is 2.05 bits per heavy atom. The summed E-state index contributed by atoms with van der Waals surface area (Å²) in [6.45, 7) is 0.233. The van der Waals surface area contributed by atoms with Gasteiger partial charge in [0.05, 0.1) is 12.1 Å². The van der Waals surface area contributed by atoms with Crippen LogP contribution < -0.4 is 27.8 Å². The second kappa shape index (κ2) is 14.6. The zero-order valence-electron chi connectivity index (χ0n) is 20.8. The van der Waals surface area contributed by atoms with Crippen molar-refractivity contribution in [3.63, 3.8) is 0 Å². The molecule has 1 fully saturated rings. The van der Waals surface area contributed by atoms with Crippen molar-refractivity contribution in [3.8, 4) is 0 Å². The summed E-state index contributed by atoms with van der Waals surface area (Å²) < 4.78 is 68.5. The van der Waals surface area contributed by atoms with Gasteiger partial charge in [0.15, 0.2) is 29.2 Å². The molecule has 1 aromatic rings. The third kappa shape index (κ3) is 8.64. The highest BCUT2D eigenvalue weighted by Gasteiger charge is 2.31. The largest absolute Gasteiger partial charge is 0.370 e. The average Bonchev–Trinajstić information content (AvgIpc) is 2.90. The number of nitrogens with zero attached hydrogens (tertiary/aromatic N) is 1. The number of amides is 2. The number of hydrogen-bond donors (Lipinski definition) is 5. The summed E-state index contributed by atoms with van der Waals surface area (Å²) in [6, 6.07) is -3.77. The van der Waals surface area contributed by atoms with Crippen LogP contribution in [0.4, 0.5) is 22.0 Å². The Labute approximate surface area is 216 Å². The van der Waals surface area contributed by atoms with Gasteiger partial charge in [0.1, 0.15) is 12.3 Å². The zero-order chi connectivity index (χ0) is 28.4. The molecule has 1 aliphatic carbocycles. The van der Waals surface area contributed by atoms with Crippen LogP contribution in [0.1, 0.15) is 56.9 Å². The van der Waals surface area contributed by atoms with E-state index in [-0.39, 0.29) is 31.3 Å². The molecule has 1 aliphatic rings. The number of halogens is 5.